The summed E-state index contributed by atoms with van der Waals surface area (Å²) in [6.07, 6.45) is 0. The Morgan fingerprint density at radius 2 is 1.27 bits per heavy atom. The van der Waals surface area contributed by atoms with Gasteiger partial charge in [-0.05, 0) is 28.7 Å². The van der Waals surface area contributed by atoms with Gasteiger partial charge in [0.15, 0.2) is 0 Å². The number of thiol groups is 1. The van der Waals surface area contributed by atoms with Crippen molar-refractivity contribution < 1.29 is 0 Å². The quantitative estimate of drug-likeness (QED) is 0.679. The van der Waals surface area contributed by atoms with Crippen molar-refractivity contribution in [2.24, 2.45) is 11.8 Å². The molecule has 1 unspecified atom stereocenters. The lowest BCUT2D eigenvalue weighted by Crippen LogP contribution is -2.32. The fourth-order valence-corrected chi connectivity index (χ4v) is 3.22. The van der Waals surface area contributed by atoms with Gasteiger partial charge in [0.2, 0.25) is 0 Å². The highest BCUT2D eigenvalue weighted by Gasteiger charge is 2.17. The fraction of sp³-hybridized carbons (Fsp3) is 0.400. The van der Waals surface area contributed by atoms with Crippen LogP contribution in [0, 0.1) is 11.8 Å². The van der Waals surface area contributed by atoms with Gasteiger partial charge >= 0.3 is 0 Å². The Balaban J connectivity index is 2.09. The molecular weight excluding hydrogens is 286 g/mol. The summed E-state index contributed by atoms with van der Waals surface area (Å²) >= 11 is 4.56. The van der Waals surface area contributed by atoms with Crippen molar-refractivity contribution in [1.29, 1.82) is 0 Å². The summed E-state index contributed by atoms with van der Waals surface area (Å²) in [6, 6.07) is 21.5. The second-order valence-electron chi connectivity index (χ2n) is 6.33. The lowest BCUT2D eigenvalue weighted by molar-refractivity contribution is 0.199. The van der Waals surface area contributed by atoms with E-state index >= 15 is 0 Å². The van der Waals surface area contributed by atoms with Gasteiger partial charge in [0.1, 0.15) is 0 Å². The summed E-state index contributed by atoms with van der Waals surface area (Å²) in [5.74, 6) is 2.22. The van der Waals surface area contributed by atoms with E-state index in [0.29, 0.717) is 11.8 Å². The maximum absolute atomic E-state index is 4.56. The van der Waals surface area contributed by atoms with Gasteiger partial charge in [0, 0.05) is 19.6 Å². The van der Waals surface area contributed by atoms with Crippen molar-refractivity contribution in [2.75, 3.05) is 12.3 Å². The van der Waals surface area contributed by atoms with E-state index in [1.165, 1.54) is 11.1 Å². The summed E-state index contributed by atoms with van der Waals surface area (Å²) in [4.78, 5) is 2.55. The van der Waals surface area contributed by atoms with Gasteiger partial charge in [-0.25, -0.2) is 0 Å². The van der Waals surface area contributed by atoms with Gasteiger partial charge in [-0.3, -0.25) is 4.90 Å². The molecule has 0 fully saturated rings. The predicted octanol–water partition coefficient (Wildman–Crippen LogP) is 4.89. The van der Waals surface area contributed by atoms with E-state index in [1.54, 1.807) is 0 Å². The zero-order valence-electron chi connectivity index (χ0n) is 13.7. The number of hydrogen-bond acceptors (Lipinski definition) is 2. The Labute approximate surface area is 140 Å². The Bertz CT molecular complexity index is 482. The van der Waals surface area contributed by atoms with Crippen molar-refractivity contribution in [3.05, 3.63) is 71.8 Å². The van der Waals surface area contributed by atoms with E-state index in [2.05, 4.69) is 92.0 Å². The maximum atomic E-state index is 4.56. The van der Waals surface area contributed by atoms with Crippen LogP contribution < -0.4 is 0 Å². The first-order valence-corrected chi connectivity index (χ1v) is 8.73. The first kappa shape index (κ1) is 17.1. The minimum Gasteiger partial charge on any atom is -0.295 e. The molecule has 0 bridgehead atoms. The van der Waals surface area contributed by atoms with Crippen molar-refractivity contribution >= 4 is 12.6 Å². The molecule has 118 valence electrons. The van der Waals surface area contributed by atoms with E-state index in [9.17, 15) is 0 Å². The zero-order chi connectivity index (χ0) is 15.8. The van der Waals surface area contributed by atoms with Crippen molar-refractivity contribution in [3.63, 3.8) is 0 Å². The molecule has 0 aliphatic heterocycles. The second-order valence-corrected chi connectivity index (χ2v) is 6.69. The van der Waals surface area contributed by atoms with Crippen LogP contribution >= 0.6 is 12.6 Å². The highest BCUT2D eigenvalue weighted by Crippen LogP contribution is 2.18. The lowest BCUT2D eigenvalue weighted by atomic mass is 9.96. The molecule has 0 aliphatic rings. The standard InChI is InChI=1S/C20H27NS/c1-17(2)20(16-22)15-21(13-18-9-5-3-6-10-18)14-19-11-7-4-8-12-19/h3-12,17,20,22H,13-16H2,1-2H3. The van der Waals surface area contributed by atoms with Crippen LogP contribution in [0.4, 0.5) is 0 Å². The van der Waals surface area contributed by atoms with Crippen molar-refractivity contribution in [3.8, 4) is 0 Å². The van der Waals surface area contributed by atoms with Gasteiger partial charge in [-0.15, -0.1) is 0 Å². The molecule has 22 heavy (non-hydrogen) atoms. The van der Waals surface area contributed by atoms with Gasteiger partial charge in [0.25, 0.3) is 0 Å². The highest BCUT2D eigenvalue weighted by atomic mass is 32.1. The minimum atomic E-state index is 0.621. The minimum absolute atomic E-state index is 0.621. The van der Waals surface area contributed by atoms with Crippen LogP contribution in [-0.4, -0.2) is 17.2 Å². The third kappa shape index (κ3) is 5.51. The Morgan fingerprint density at radius 1 is 0.818 bits per heavy atom. The first-order chi connectivity index (χ1) is 10.7. The third-order valence-corrected chi connectivity index (χ3v) is 4.64. The van der Waals surface area contributed by atoms with Crippen LogP contribution in [0.1, 0.15) is 25.0 Å². The summed E-state index contributed by atoms with van der Waals surface area (Å²) < 4.78 is 0. The number of hydrogen-bond donors (Lipinski definition) is 1. The van der Waals surface area contributed by atoms with Crippen LogP contribution in [0.25, 0.3) is 0 Å². The Hall–Kier alpha value is -1.25. The molecule has 0 spiro atoms. The molecule has 0 amide bonds. The van der Waals surface area contributed by atoms with Crippen molar-refractivity contribution in [1.82, 2.24) is 4.90 Å². The van der Waals surface area contributed by atoms with Crippen molar-refractivity contribution in [2.45, 2.75) is 26.9 Å². The summed E-state index contributed by atoms with van der Waals surface area (Å²) in [6.45, 7) is 7.67. The molecular formula is C20H27NS. The molecule has 2 aromatic carbocycles. The Kier molecular flexibility index (Phi) is 7.01. The number of rotatable bonds is 8. The molecule has 0 saturated carbocycles. The van der Waals surface area contributed by atoms with E-state index < -0.39 is 0 Å². The molecule has 0 radical (unpaired) electrons. The van der Waals surface area contributed by atoms with Gasteiger partial charge in [-0.1, -0.05) is 74.5 Å². The van der Waals surface area contributed by atoms with Crippen LogP contribution in [0.2, 0.25) is 0 Å². The molecule has 2 rings (SSSR count). The van der Waals surface area contributed by atoms with Crippen LogP contribution in [0.15, 0.2) is 60.7 Å². The average Bonchev–Trinajstić information content (AvgIpc) is 2.54. The third-order valence-electron chi connectivity index (χ3n) is 4.17. The molecule has 2 heteroatoms. The van der Waals surface area contributed by atoms with Crippen LogP contribution in [-0.2, 0) is 13.1 Å². The lowest BCUT2D eigenvalue weighted by Gasteiger charge is -2.29. The van der Waals surface area contributed by atoms with Gasteiger partial charge in [-0.2, -0.15) is 12.6 Å². The van der Waals surface area contributed by atoms with E-state index in [4.69, 9.17) is 0 Å². The molecule has 0 N–H and O–H groups in total. The molecule has 0 aliphatic carbocycles. The number of benzene rings is 2. The molecule has 1 atom stereocenters. The topological polar surface area (TPSA) is 3.24 Å². The van der Waals surface area contributed by atoms with E-state index in [-0.39, 0.29) is 0 Å². The second kappa shape index (κ2) is 9.02. The van der Waals surface area contributed by atoms with E-state index in [0.717, 1.165) is 25.4 Å². The Morgan fingerprint density at radius 3 is 1.64 bits per heavy atom. The summed E-state index contributed by atoms with van der Waals surface area (Å²) in [5.41, 5.74) is 2.75. The average molecular weight is 314 g/mol. The van der Waals surface area contributed by atoms with E-state index in [1.807, 2.05) is 0 Å². The largest absolute Gasteiger partial charge is 0.295 e. The molecule has 1 nitrogen and oxygen atoms in total. The fourth-order valence-electron chi connectivity index (χ4n) is 2.68. The first-order valence-electron chi connectivity index (χ1n) is 8.10. The van der Waals surface area contributed by atoms with Gasteiger partial charge in [0.05, 0.1) is 0 Å². The van der Waals surface area contributed by atoms with Gasteiger partial charge < -0.3 is 0 Å². The molecule has 0 saturated heterocycles. The molecule has 0 aromatic heterocycles. The smallest absolute Gasteiger partial charge is 0.0237 e. The normalized spacial score (nSPS) is 12.8. The monoisotopic (exact) mass is 313 g/mol. The van der Waals surface area contributed by atoms with Crippen LogP contribution in [0.3, 0.4) is 0 Å². The summed E-state index contributed by atoms with van der Waals surface area (Å²) in [5, 5.41) is 0. The van der Waals surface area contributed by atoms with Crippen LogP contribution in [0.5, 0.6) is 0 Å². The molecule has 2 aromatic rings. The maximum Gasteiger partial charge on any atom is 0.0237 e. The molecule has 0 heterocycles. The highest BCUT2D eigenvalue weighted by molar-refractivity contribution is 7.80. The number of nitrogens with zero attached hydrogens (tertiary/aromatic N) is 1. The SMILES string of the molecule is CC(C)C(CS)CN(Cc1ccccc1)Cc1ccccc1. The zero-order valence-corrected chi connectivity index (χ0v) is 14.5. The summed E-state index contributed by atoms with van der Waals surface area (Å²) in [7, 11) is 0. The predicted molar refractivity (Wildman–Crippen MR) is 99.2 cm³/mol.